The molecule has 1 aliphatic heterocycles. The Morgan fingerprint density at radius 1 is 1.23 bits per heavy atom. The summed E-state index contributed by atoms with van der Waals surface area (Å²) >= 11 is 1.90. The standard InChI is InChI=1S/C24H27FN2O3S/c1-17(25)19-4-6-20(7-5-19)24-12-23(30-26-24)15-29-22-8-2-18(3-9-22)13-27-10-11-31-16-21(27)14-28/h2-9,12,17,21,28H,10-11,13-16H2,1H3/t17?,21-/m1/s1. The summed E-state index contributed by atoms with van der Waals surface area (Å²) in [5, 5.41) is 13.7. The number of aliphatic hydroxyl groups excluding tert-OH is 1. The summed E-state index contributed by atoms with van der Waals surface area (Å²) < 4.78 is 24.6. The van der Waals surface area contributed by atoms with E-state index >= 15 is 0 Å². The molecule has 164 valence electrons. The zero-order valence-corrected chi connectivity index (χ0v) is 18.4. The molecule has 0 aliphatic carbocycles. The number of aromatic nitrogens is 1. The van der Waals surface area contributed by atoms with Gasteiger partial charge in [0.05, 0.1) is 6.61 Å². The van der Waals surface area contributed by atoms with E-state index in [1.54, 1.807) is 12.1 Å². The molecule has 0 bridgehead atoms. The number of hydrogen-bond acceptors (Lipinski definition) is 6. The van der Waals surface area contributed by atoms with Crippen molar-refractivity contribution < 1.29 is 18.8 Å². The van der Waals surface area contributed by atoms with Crippen LogP contribution in [0.5, 0.6) is 5.75 Å². The molecule has 1 aliphatic rings. The second-order valence-electron chi connectivity index (χ2n) is 7.73. The van der Waals surface area contributed by atoms with Crippen molar-refractivity contribution in [2.24, 2.45) is 0 Å². The molecule has 3 aromatic rings. The zero-order valence-electron chi connectivity index (χ0n) is 17.5. The SMILES string of the molecule is CC(F)c1ccc(-c2cc(COc3ccc(CN4CCSC[C@H]4CO)cc3)on2)cc1. The summed E-state index contributed by atoms with van der Waals surface area (Å²) in [6.07, 6.45) is -0.989. The quantitative estimate of drug-likeness (QED) is 0.538. The lowest BCUT2D eigenvalue weighted by Crippen LogP contribution is -2.43. The molecule has 1 N–H and O–H groups in total. The molecule has 1 aromatic heterocycles. The number of benzene rings is 2. The molecule has 2 aromatic carbocycles. The van der Waals surface area contributed by atoms with E-state index in [0.717, 1.165) is 35.9 Å². The second-order valence-corrected chi connectivity index (χ2v) is 8.88. The first kappa shape index (κ1) is 21.9. The first-order valence-corrected chi connectivity index (χ1v) is 11.6. The number of nitrogens with zero attached hydrogens (tertiary/aromatic N) is 2. The Balaban J connectivity index is 1.31. The van der Waals surface area contributed by atoms with Gasteiger partial charge in [-0.1, -0.05) is 41.6 Å². The van der Waals surface area contributed by atoms with Crippen molar-refractivity contribution in [1.29, 1.82) is 0 Å². The molecule has 0 saturated carbocycles. The predicted octanol–water partition coefficient (Wildman–Crippen LogP) is 4.86. The maximum Gasteiger partial charge on any atom is 0.174 e. The van der Waals surface area contributed by atoms with Crippen LogP contribution in [0.15, 0.2) is 59.1 Å². The van der Waals surface area contributed by atoms with Crippen molar-refractivity contribution in [3.8, 4) is 17.0 Å². The van der Waals surface area contributed by atoms with Crippen molar-refractivity contribution in [3.63, 3.8) is 0 Å². The lowest BCUT2D eigenvalue weighted by atomic mass is 10.1. The van der Waals surface area contributed by atoms with Crippen molar-refractivity contribution in [3.05, 3.63) is 71.5 Å². The van der Waals surface area contributed by atoms with Crippen molar-refractivity contribution in [2.75, 3.05) is 24.7 Å². The van der Waals surface area contributed by atoms with Gasteiger partial charge in [0.2, 0.25) is 0 Å². The number of hydrogen-bond donors (Lipinski definition) is 1. The first-order chi connectivity index (χ1) is 15.1. The molecule has 2 atom stereocenters. The summed E-state index contributed by atoms with van der Waals surface area (Å²) in [7, 11) is 0. The van der Waals surface area contributed by atoms with E-state index in [4.69, 9.17) is 9.26 Å². The van der Waals surface area contributed by atoms with Crippen LogP contribution in [0.1, 0.15) is 30.0 Å². The van der Waals surface area contributed by atoms with Crippen LogP contribution < -0.4 is 4.74 Å². The monoisotopic (exact) mass is 442 g/mol. The normalized spacial score (nSPS) is 18.1. The summed E-state index contributed by atoms with van der Waals surface area (Å²) in [4.78, 5) is 2.34. The van der Waals surface area contributed by atoms with Crippen LogP contribution in [-0.4, -0.2) is 45.9 Å². The molecule has 4 rings (SSSR count). The zero-order chi connectivity index (χ0) is 21.6. The minimum Gasteiger partial charge on any atom is -0.486 e. The summed E-state index contributed by atoms with van der Waals surface area (Å²) in [6.45, 7) is 3.83. The van der Waals surface area contributed by atoms with Crippen LogP contribution in [-0.2, 0) is 13.2 Å². The highest BCUT2D eigenvalue weighted by atomic mass is 32.2. The Hall–Kier alpha value is -2.35. The Labute approximate surface area is 186 Å². The van der Waals surface area contributed by atoms with Gasteiger partial charge in [0.1, 0.15) is 24.2 Å². The van der Waals surface area contributed by atoms with Gasteiger partial charge in [0.25, 0.3) is 0 Å². The molecule has 0 amide bonds. The van der Waals surface area contributed by atoms with E-state index in [1.807, 2.05) is 42.1 Å². The minimum absolute atomic E-state index is 0.201. The van der Waals surface area contributed by atoms with Gasteiger partial charge in [-0.05, 0) is 30.2 Å². The highest BCUT2D eigenvalue weighted by Gasteiger charge is 2.21. The number of halogens is 1. The average Bonchev–Trinajstić information content (AvgIpc) is 3.28. The van der Waals surface area contributed by atoms with Gasteiger partial charge in [-0.3, -0.25) is 4.90 Å². The van der Waals surface area contributed by atoms with Gasteiger partial charge in [0.15, 0.2) is 5.76 Å². The van der Waals surface area contributed by atoms with E-state index < -0.39 is 6.17 Å². The molecular formula is C24H27FN2O3S. The van der Waals surface area contributed by atoms with Crippen LogP contribution >= 0.6 is 11.8 Å². The van der Waals surface area contributed by atoms with Gasteiger partial charge < -0.3 is 14.4 Å². The van der Waals surface area contributed by atoms with Gasteiger partial charge in [-0.25, -0.2) is 4.39 Å². The molecule has 0 radical (unpaired) electrons. The van der Waals surface area contributed by atoms with E-state index in [0.29, 0.717) is 17.0 Å². The molecule has 2 heterocycles. The van der Waals surface area contributed by atoms with Crippen LogP contribution in [0.2, 0.25) is 0 Å². The lowest BCUT2D eigenvalue weighted by Gasteiger charge is -2.34. The summed E-state index contributed by atoms with van der Waals surface area (Å²) in [6, 6.07) is 17.3. The highest BCUT2D eigenvalue weighted by molar-refractivity contribution is 7.99. The van der Waals surface area contributed by atoms with E-state index in [1.165, 1.54) is 12.5 Å². The van der Waals surface area contributed by atoms with Crippen LogP contribution in [0.4, 0.5) is 4.39 Å². The van der Waals surface area contributed by atoms with Crippen LogP contribution in [0, 0.1) is 0 Å². The number of aliphatic hydroxyl groups is 1. The Kier molecular flexibility index (Phi) is 7.27. The number of alkyl halides is 1. The number of thioether (sulfide) groups is 1. The molecule has 5 nitrogen and oxygen atoms in total. The van der Waals surface area contributed by atoms with E-state index in [9.17, 15) is 9.50 Å². The van der Waals surface area contributed by atoms with Gasteiger partial charge >= 0.3 is 0 Å². The third kappa shape index (κ3) is 5.67. The molecule has 31 heavy (non-hydrogen) atoms. The predicted molar refractivity (Wildman–Crippen MR) is 121 cm³/mol. The largest absolute Gasteiger partial charge is 0.486 e. The van der Waals surface area contributed by atoms with Crippen molar-refractivity contribution in [2.45, 2.75) is 32.3 Å². The maximum absolute atomic E-state index is 13.3. The third-order valence-electron chi connectivity index (χ3n) is 5.48. The smallest absolute Gasteiger partial charge is 0.174 e. The highest BCUT2D eigenvalue weighted by Crippen LogP contribution is 2.24. The van der Waals surface area contributed by atoms with Gasteiger partial charge in [-0.2, -0.15) is 11.8 Å². The van der Waals surface area contributed by atoms with Crippen LogP contribution in [0.3, 0.4) is 0 Å². The fraction of sp³-hybridized carbons (Fsp3) is 0.375. The molecular weight excluding hydrogens is 415 g/mol. The molecule has 1 unspecified atom stereocenters. The maximum atomic E-state index is 13.3. The van der Waals surface area contributed by atoms with Crippen molar-refractivity contribution in [1.82, 2.24) is 10.1 Å². The Morgan fingerprint density at radius 2 is 2.00 bits per heavy atom. The second kappa shape index (κ2) is 10.3. The van der Waals surface area contributed by atoms with Crippen molar-refractivity contribution >= 4 is 11.8 Å². The summed E-state index contributed by atoms with van der Waals surface area (Å²) in [5.74, 6) is 3.47. The molecule has 1 saturated heterocycles. The molecule has 7 heteroatoms. The average molecular weight is 443 g/mol. The molecule has 0 spiro atoms. The fourth-order valence-corrected chi connectivity index (χ4v) is 4.70. The lowest BCUT2D eigenvalue weighted by molar-refractivity contribution is 0.133. The van der Waals surface area contributed by atoms with E-state index in [-0.39, 0.29) is 19.3 Å². The van der Waals surface area contributed by atoms with E-state index in [2.05, 4.69) is 22.2 Å². The third-order valence-corrected chi connectivity index (χ3v) is 6.57. The van der Waals surface area contributed by atoms with Gasteiger partial charge in [0, 0.05) is 42.3 Å². The van der Waals surface area contributed by atoms with Gasteiger partial charge in [-0.15, -0.1) is 0 Å². The topological polar surface area (TPSA) is 58.7 Å². The first-order valence-electron chi connectivity index (χ1n) is 10.5. The Morgan fingerprint density at radius 3 is 2.71 bits per heavy atom. The summed E-state index contributed by atoms with van der Waals surface area (Å²) in [5.41, 5.74) is 3.42. The minimum atomic E-state index is -0.989. The number of ether oxygens (including phenoxy) is 1. The van der Waals surface area contributed by atoms with Crippen LogP contribution in [0.25, 0.3) is 11.3 Å². The molecule has 1 fully saturated rings. The Bertz CT molecular complexity index is 960. The number of rotatable bonds is 8. The fourth-order valence-electron chi connectivity index (χ4n) is 3.58.